The number of imide groups is 1. The molecule has 0 radical (unpaired) electrons. The molecule has 16 nitrogen and oxygen atoms in total. The van der Waals surface area contributed by atoms with Crippen molar-refractivity contribution >= 4 is 41.5 Å². The second-order valence-electron chi connectivity index (χ2n) is 15.3. The fourth-order valence-corrected chi connectivity index (χ4v) is 3.77. The van der Waals surface area contributed by atoms with Gasteiger partial charge in [-0.25, -0.2) is 0 Å². The van der Waals surface area contributed by atoms with Crippen LogP contribution in [0.5, 0.6) is 0 Å². The van der Waals surface area contributed by atoms with Crippen molar-refractivity contribution in [1.29, 1.82) is 0 Å². The summed E-state index contributed by atoms with van der Waals surface area (Å²) in [6, 6.07) is 0. The van der Waals surface area contributed by atoms with E-state index in [1.807, 2.05) is 0 Å². The molecular weight excluding hydrogens is 670 g/mol. The van der Waals surface area contributed by atoms with Crippen molar-refractivity contribution in [1.82, 2.24) is 15.5 Å². The van der Waals surface area contributed by atoms with Gasteiger partial charge >= 0.3 is 17.9 Å². The van der Waals surface area contributed by atoms with E-state index in [0.717, 1.165) is 17.1 Å². The van der Waals surface area contributed by atoms with Crippen molar-refractivity contribution in [2.24, 2.45) is 21.7 Å². The van der Waals surface area contributed by atoms with Crippen molar-refractivity contribution < 1.29 is 62.0 Å². The average molecular weight is 728 g/mol. The van der Waals surface area contributed by atoms with E-state index in [-0.39, 0.29) is 91.4 Å². The van der Waals surface area contributed by atoms with Crippen LogP contribution in [0, 0.1) is 21.7 Å². The van der Waals surface area contributed by atoms with Gasteiger partial charge in [0.2, 0.25) is 11.8 Å². The minimum atomic E-state index is -1.30. The molecule has 0 fully saturated rings. The molecule has 16 heteroatoms. The van der Waals surface area contributed by atoms with Crippen molar-refractivity contribution in [2.45, 2.75) is 68.7 Å². The number of amides is 4. The average Bonchev–Trinajstić information content (AvgIpc) is 3.35. The number of ether oxygens (including phenoxy) is 6. The molecule has 0 unspecified atom stereocenters. The van der Waals surface area contributed by atoms with Crippen LogP contribution in [-0.4, -0.2) is 126 Å². The van der Waals surface area contributed by atoms with Gasteiger partial charge in [-0.1, -0.05) is 0 Å². The van der Waals surface area contributed by atoms with E-state index in [2.05, 4.69) is 10.6 Å². The molecule has 4 amide bonds. The fraction of sp³-hybridized carbons (Fsp3) is 0.743. The second kappa shape index (κ2) is 20.8. The summed E-state index contributed by atoms with van der Waals surface area (Å²) < 4.78 is 33.3. The third-order valence-corrected chi connectivity index (χ3v) is 6.98. The largest absolute Gasteiger partial charge is 0.464 e. The Morgan fingerprint density at radius 1 is 0.569 bits per heavy atom. The molecule has 2 N–H and O–H groups in total. The van der Waals surface area contributed by atoms with E-state index in [0.29, 0.717) is 0 Å². The lowest BCUT2D eigenvalue weighted by atomic mass is 9.90. The maximum atomic E-state index is 12.7. The summed E-state index contributed by atoms with van der Waals surface area (Å²) in [7, 11) is 0. The van der Waals surface area contributed by atoms with Crippen LogP contribution < -0.4 is 10.6 Å². The zero-order valence-electron chi connectivity index (χ0n) is 31.6. The Kier molecular flexibility index (Phi) is 18.4. The van der Waals surface area contributed by atoms with Crippen LogP contribution in [0.25, 0.3) is 0 Å². The van der Waals surface area contributed by atoms with E-state index in [4.69, 9.17) is 28.4 Å². The minimum absolute atomic E-state index is 0.00694. The van der Waals surface area contributed by atoms with Crippen LogP contribution >= 0.6 is 0 Å². The topological polar surface area (TPSA) is 202 Å². The Bertz CT molecular complexity index is 1150. The normalized spacial score (nSPS) is 13.6. The predicted octanol–water partition coefficient (Wildman–Crippen LogP) is 1.34. The van der Waals surface area contributed by atoms with Crippen molar-refractivity contribution in [2.75, 3.05) is 79.1 Å². The van der Waals surface area contributed by atoms with Crippen LogP contribution in [0.1, 0.15) is 68.7 Å². The van der Waals surface area contributed by atoms with E-state index in [1.54, 1.807) is 62.3 Å². The Balaban J connectivity index is 2.51. The lowest BCUT2D eigenvalue weighted by Gasteiger charge is -2.34. The molecule has 1 rings (SSSR count). The van der Waals surface area contributed by atoms with Gasteiger partial charge in [-0.3, -0.25) is 38.5 Å². The summed E-state index contributed by atoms with van der Waals surface area (Å²) >= 11 is 0. The lowest BCUT2D eigenvalue weighted by molar-refractivity contribution is -0.178. The number of carbonyl (C=O) groups excluding carboxylic acids is 7. The number of carbonyl (C=O) groups is 7. The summed E-state index contributed by atoms with van der Waals surface area (Å²) in [5.74, 6) is -3.21. The van der Waals surface area contributed by atoms with E-state index in [9.17, 15) is 33.6 Å². The quantitative estimate of drug-likeness (QED) is 0.0701. The summed E-state index contributed by atoms with van der Waals surface area (Å²) in [6.45, 7) is 15.0. The van der Waals surface area contributed by atoms with Crippen LogP contribution in [0.15, 0.2) is 12.2 Å². The molecule has 0 spiro atoms. The Hall–Kier alpha value is -3.89. The van der Waals surface area contributed by atoms with Crippen molar-refractivity contribution in [3.8, 4) is 0 Å². The van der Waals surface area contributed by atoms with Gasteiger partial charge in [0, 0.05) is 38.2 Å². The van der Waals surface area contributed by atoms with Gasteiger partial charge in [0.25, 0.3) is 11.8 Å². The first-order chi connectivity index (χ1) is 23.6. The summed E-state index contributed by atoms with van der Waals surface area (Å²) in [5, 5.41) is 5.30. The van der Waals surface area contributed by atoms with Gasteiger partial charge < -0.3 is 39.1 Å². The highest BCUT2D eigenvalue weighted by Gasteiger charge is 2.40. The first kappa shape index (κ1) is 45.1. The number of nitrogens with zero attached hydrogens (tertiary/aromatic N) is 1. The summed E-state index contributed by atoms with van der Waals surface area (Å²) in [6.07, 6.45) is 2.32. The number of esters is 3. The molecule has 0 bridgehead atoms. The standard InChI is InChI=1S/C35H57N3O13/c1-32(2,3)29(43)49-22-35(23-50-30(44)33(4,5)6,24-51-31(45)34(7,8)9)21-48-20-26(40)37-14-17-47-19-18-46-16-13-36-25(39)12-15-38-27(41)10-11-28(38)42/h10-11H,12-24H2,1-9H3,(H,36,39)(H,37,40). The molecule has 0 aromatic rings. The maximum Gasteiger partial charge on any atom is 0.311 e. The van der Waals surface area contributed by atoms with Crippen LogP contribution in [0.2, 0.25) is 0 Å². The molecule has 0 atom stereocenters. The Morgan fingerprint density at radius 3 is 1.35 bits per heavy atom. The highest BCUT2D eigenvalue weighted by molar-refractivity contribution is 6.13. The molecular formula is C35H57N3O13. The second-order valence-corrected chi connectivity index (χ2v) is 15.3. The lowest BCUT2D eigenvalue weighted by Crippen LogP contribution is -2.46. The van der Waals surface area contributed by atoms with Crippen LogP contribution in [-0.2, 0) is 62.0 Å². The Morgan fingerprint density at radius 2 is 0.961 bits per heavy atom. The first-order valence-electron chi connectivity index (χ1n) is 16.9. The number of rotatable bonds is 22. The van der Waals surface area contributed by atoms with Gasteiger partial charge in [-0.2, -0.15) is 0 Å². The molecule has 1 aliphatic rings. The Labute approximate surface area is 300 Å². The minimum Gasteiger partial charge on any atom is -0.464 e. The molecule has 1 aliphatic heterocycles. The smallest absolute Gasteiger partial charge is 0.311 e. The van der Waals surface area contributed by atoms with E-state index >= 15 is 0 Å². The highest BCUT2D eigenvalue weighted by Crippen LogP contribution is 2.27. The molecule has 0 aromatic carbocycles. The maximum absolute atomic E-state index is 12.7. The van der Waals surface area contributed by atoms with Gasteiger partial charge in [0.1, 0.15) is 26.4 Å². The summed E-state index contributed by atoms with van der Waals surface area (Å²) in [5.41, 5.74) is -3.80. The summed E-state index contributed by atoms with van der Waals surface area (Å²) in [4.78, 5) is 86.3. The van der Waals surface area contributed by atoms with Gasteiger partial charge in [-0.05, 0) is 62.3 Å². The SMILES string of the molecule is CC(C)(C)C(=O)OCC(COCC(=O)NCCOCCOCCNC(=O)CCN1C(=O)C=CC1=O)(COC(=O)C(C)(C)C)COC(=O)C(C)(C)C. The van der Waals surface area contributed by atoms with E-state index in [1.165, 1.54) is 0 Å². The highest BCUT2D eigenvalue weighted by atomic mass is 16.6. The molecule has 0 aliphatic carbocycles. The van der Waals surface area contributed by atoms with E-state index < -0.39 is 57.3 Å². The van der Waals surface area contributed by atoms with Gasteiger partial charge in [-0.15, -0.1) is 0 Å². The zero-order valence-corrected chi connectivity index (χ0v) is 31.6. The number of hydrogen-bond donors (Lipinski definition) is 2. The first-order valence-corrected chi connectivity index (χ1v) is 16.9. The molecule has 290 valence electrons. The molecule has 51 heavy (non-hydrogen) atoms. The van der Waals surface area contributed by atoms with Crippen LogP contribution in [0.4, 0.5) is 0 Å². The zero-order chi connectivity index (χ0) is 38.9. The third-order valence-electron chi connectivity index (χ3n) is 6.98. The van der Waals surface area contributed by atoms with Gasteiger partial charge in [0.15, 0.2) is 0 Å². The molecule has 0 saturated carbocycles. The van der Waals surface area contributed by atoms with Crippen LogP contribution in [0.3, 0.4) is 0 Å². The molecule has 0 aromatic heterocycles. The number of nitrogens with one attached hydrogen (secondary N) is 2. The van der Waals surface area contributed by atoms with Crippen molar-refractivity contribution in [3.05, 3.63) is 12.2 Å². The monoisotopic (exact) mass is 727 g/mol. The number of hydrogen-bond acceptors (Lipinski definition) is 13. The van der Waals surface area contributed by atoms with Gasteiger partial charge in [0.05, 0.1) is 54.7 Å². The molecule has 0 saturated heterocycles. The van der Waals surface area contributed by atoms with Crippen molar-refractivity contribution in [3.63, 3.8) is 0 Å². The fourth-order valence-electron chi connectivity index (χ4n) is 3.77. The predicted molar refractivity (Wildman–Crippen MR) is 183 cm³/mol. The third kappa shape index (κ3) is 18.3. The molecule has 1 heterocycles.